The number of rotatable bonds is 10. The number of nitrogens with zero attached hydrogens (tertiary/aromatic N) is 5. The van der Waals surface area contributed by atoms with Crippen molar-refractivity contribution >= 4 is 44.3 Å². The van der Waals surface area contributed by atoms with Gasteiger partial charge in [0.2, 0.25) is 16.0 Å². The first-order valence-corrected chi connectivity index (χ1v) is 17.6. The summed E-state index contributed by atoms with van der Waals surface area (Å²) in [5.74, 6) is 0.670. The van der Waals surface area contributed by atoms with Crippen LogP contribution in [0.25, 0.3) is 33.4 Å². The number of anilines is 2. The van der Waals surface area contributed by atoms with Crippen molar-refractivity contribution in [1.82, 2.24) is 14.9 Å². The Labute approximate surface area is 278 Å². The highest BCUT2D eigenvalue weighted by Crippen LogP contribution is 2.42. The van der Waals surface area contributed by atoms with Crippen molar-refractivity contribution in [3.63, 3.8) is 0 Å². The number of carbonyl (C=O) groups is 2. The number of hydrogen-bond acceptors (Lipinski definition) is 8. The molecule has 0 saturated carbocycles. The Hall–Kier alpha value is -5.10. The predicted octanol–water partition coefficient (Wildman–Crippen LogP) is 6.16. The molecule has 248 valence electrons. The Balaban J connectivity index is 1.45. The second kappa shape index (κ2) is 13.6. The van der Waals surface area contributed by atoms with E-state index in [1.807, 2.05) is 36.1 Å². The minimum Gasteiger partial charge on any atom is -0.455 e. The summed E-state index contributed by atoms with van der Waals surface area (Å²) in [5.41, 5.74) is 3.97. The first-order chi connectivity index (χ1) is 23.1. The summed E-state index contributed by atoms with van der Waals surface area (Å²) < 4.78 is 47.2. The van der Waals surface area contributed by atoms with Gasteiger partial charge in [-0.2, -0.15) is 0 Å². The first kappa shape index (κ1) is 32.8. The maximum Gasteiger partial charge on any atom is 0.253 e. The molecule has 1 fully saturated rings. The summed E-state index contributed by atoms with van der Waals surface area (Å²) in [6.45, 7) is 4.47. The van der Waals surface area contributed by atoms with Crippen LogP contribution in [-0.4, -0.2) is 80.6 Å². The second-order valence-electron chi connectivity index (χ2n) is 11.7. The number of halogens is 1. The number of carbonyl (C=O) groups excluding carboxylic acids is 2. The number of hydrogen-bond donors (Lipinski definition) is 0. The topological polar surface area (TPSA) is 117 Å². The van der Waals surface area contributed by atoms with E-state index >= 15 is 0 Å². The van der Waals surface area contributed by atoms with Gasteiger partial charge in [0.15, 0.2) is 5.78 Å². The average Bonchev–Trinajstić information content (AvgIpc) is 3.48. The molecular formula is C36H36FN5O5S. The van der Waals surface area contributed by atoms with E-state index in [2.05, 4.69) is 9.97 Å². The summed E-state index contributed by atoms with van der Waals surface area (Å²) in [6.07, 6.45) is 4.60. The van der Waals surface area contributed by atoms with E-state index < -0.39 is 23.2 Å². The van der Waals surface area contributed by atoms with E-state index in [0.29, 0.717) is 76.7 Å². The van der Waals surface area contributed by atoms with Gasteiger partial charge in [0.25, 0.3) is 5.91 Å². The SMILES string of the molecule is CCC(=O)c1c(-c2ccc(C)cc2)oc2cc(N(CCF)S(C)(=O)=O)c(-c3cccc(C(=O)N4CCN(c5ncccn5)CC4)c3)cc12. The lowest BCUT2D eigenvalue weighted by Crippen LogP contribution is -2.49. The highest BCUT2D eigenvalue weighted by molar-refractivity contribution is 7.92. The van der Waals surface area contributed by atoms with Crippen molar-refractivity contribution in [2.75, 3.05) is 54.9 Å². The van der Waals surface area contributed by atoms with Crippen LogP contribution in [0.2, 0.25) is 0 Å². The number of aryl methyl sites for hydroxylation is 1. The van der Waals surface area contributed by atoms with Gasteiger partial charge in [0.05, 0.1) is 24.1 Å². The molecule has 10 nitrogen and oxygen atoms in total. The zero-order chi connectivity index (χ0) is 34.0. The van der Waals surface area contributed by atoms with Crippen LogP contribution in [0.1, 0.15) is 39.6 Å². The maximum absolute atomic E-state index is 13.9. The van der Waals surface area contributed by atoms with Crippen LogP contribution in [0.4, 0.5) is 16.0 Å². The molecule has 0 N–H and O–H groups in total. The van der Waals surface area contributed by atoms with Crippen molar-refractivity contribution in [3.05, 3.63) is 95.8 Å². The van der Waals surface area contributed by atoms with E-state index in [0.717, 1.165) is 16.1 Å². The molecule has 0 atom stereocenters. The summed E-state index contributed by atoms with van der Waals surface area (Å²) >= 11 is 0. The fourth-order valence-electron chi connectivity index (χ4n) is 6.04. The molecule has 48 heavy (non-hydrogen) atoms. The van der Waals surface area contributed by atoms with Gasteiger partial charge in [-0.25, -0.2) is 22.8 Å². The fraction of sp³-hybridized carbons (Fsp3) is 0.278. The second-order valence-corrected chi connectivity index (χ2v) is 13.7. The molecule has 2 aromatic heterocycles. The highest BCUT2D eigenvalue weighted by atomic mass is 32.2. The lowest BCUT2D eigenvalue weighted by Gasteiger charge is -2.34. The minimum atomic E-state index is -3.94. The number of ketones is 1. The highest BCUT2D eigenvalue weighted by Gasteiger charge is 2.28. The molecule has 0 aliphatic carbocycles. The van der Waals surface area contributed by atoms with E-state index in [1.165, 1.54) is 0 Å². The van der Waals surface area contributed by atoms with Crippen molar-refractivity contribution in [2.45, 2.75) is 20.3 Å². The predicted molar refractivity (Wildman–Crippen MR) is 185 cm³/mol. The third kappa shape index (κ3) is 6.52. The number of benzene rings is 3. The van der Waals surface area contributed by atoms with Crippen LogP contribution in [0, 0.1) is 6.92 Å². The molecular weight excluding hydrogens is 633 g/mol. The van der Waals surface area contributed by atoms with Gasteiger partial charge < -0.3 is 14.2 Å². The molecule has 6 rings (SSSR count). The monoisotopic (exact) mass is 669 g/mol. The third-order valence-electron chi connectivity index (χ3n) is 8.50. The zero-order valence-corrected chi connectivity index (χ0v) is 27.8. The van der Waals surface area contributed by atoms with Crippen LogP contribution >= 0.6 is 0 Å². The van der Waals surface area contributed by atoms with Crippen molar-refractivity contribution in [2.24, 2.45) is 0 Å². The van der Waals surface area contributed by atoms with Crippen LogP contribution in [0.15, 0.2) is 83.5 Å². The van der Waals surface area contributed by atoms with Crippen molar-refractivity contribution in [3.8, 4) is 22.5 Å². The van der Waals surface area contributed by atoms with Gasteiger partial charge in [0, 0.05) is 73.1 Å². The van der Waals surface area contributed by atoms with Gasteiger partial charge in [0.1, 0.15) is 18.0 Å². The number of furan rings is 1. The smallest absolute Gasteiger partial charge is 0.253 e. The van der Waals surface area contributed by atoms with E-state index in [9.17, 15) is 22.4 Å². The van der Waals surface area contributed by atoms with Gasteiger partial charge in [-0.1, -0.05) is 48.9 Å². The number of sulfonamides is 1. The standard InChI is InChI=1S/C36H36FN5O5S/c1-4-31(43)33-29-22-28(26-7-5-8-27(21-26)35(44)40-17-19-41(20-18-40)36-38-14-6-15-39-36)30(42(16-13-37)48(3,45)46)23-32(29)47-34(33)25-11-9-24(2)10-12-25/h5-12,14-15,21-23H,4,13,16-20H2,1-3H3. The number of aromatic nitrogens is 2. The summed E-state index contributed by atoms with van der Waals surface area (Å²) in [5, 5.41) is 0.501. The number of piperazine rings is 1. The maximum atomic E-state index is 13.9. The quantitative estimate of drug-likeness (QED) is 0.163. The van der Waals surface area contributed by atoms with Crippen LogP contribution in [0.5, 0.6) is 0 Å². The number of amides is 1. The van der Waals surface area contributed by atoms with Crippen molar-refractivity contribution in [1.29, 1.82) is 0 Å². The Morgan fingerprint density at radius 3 is 2.29 bits per heavy atom. The van der Waals surface area contributed by atoms with E-state index in [-0.39, 0.29) is 23.8 Å². The zero-order valence-electron chi connectivity index (χ0n) is 27.0. The number of fused-ring (bicyclic) bond motifs is 1. The van der Waals surface area contributed by atoms with Gasteiger partial charge in [-0.15, -0.1) is 0 Å². The van der Waals surface area contributed by atoms with Gasteiger partial charge in [-0.3, -0.25) is 13.9 Å². The lowest BCUT2D eigenvalue weighted by atomic mass is 9.95. The number of Topliss-reactive ketones (excluding diaryl/α,β-unsaturated/α-hetero) is 1. The van der Waals surface area contributed by atoms with Gasteiger partial charge in [-0.05, 0) is 36.8 Å². The average molecular weight is 670 g/mol. The molecule has 0 bridgehead atoms. The molecule has 3 aromatic carbocycles. The molecule has 0 unspecified atom stereocenters. The van der Waals surface area contributed by atoms with Gasteiger partial charge >= 0.3 is 0 Å². The van der Waals surface area contributed by atoms with Crippen LogP contribution in [-0.2, 0) is 10.0 Å². The Morgan fingerprint density at radius 2 is 1.65 bits per heavy atom. The van der Waals surface area contributed by atoms with Crippen LogP contribution in [0.3, 0.4) is 0 Å². The largest absolute Gasteiger partial charge is 0.455 e. The molecule has 3 heterocycles. The van der Waals surface area contributed by atoms with E-state index in [4.69, 9.17) is 4.42 Å². The van der Waals surface area contributed by atoms with Crippen LogP contribution < -0.4 is 9.21 Å². The molecule has 5 aromatic rings. The Kier molecular flexibility index (Phi) is 9.27. The Morgan fingerprint density at radius 1 is 0.938 bits per heavy atom. The fourth-order valence-corrected chi connectivity index (χ4v) is 6.95. The van der Waals surface area contributed by atoms with E-state index in [1.54, 1.807) is 66.7 Å². The summed E-state index contributed by atoms with van der Waals surface area (Å²) in [4.78, 5) is 39.6. The third-order valence-corrected chi connectivity index (χ3v) is 9.68. The lowest BCUT2D eigenvalue weighted by molar-refractivity contribution is 0.0746. The molecule has 0 radical (unpaired) electrons. The summed E-state index contributed by atoms with van der Waals surface area (Å²) in [7, 11) is -3.94. The molecule has 1 aliphatic heterocycles. The summed E-state index contributed by atoms with van der Waals surface area (Å²) in [6, 6.07) is 19.5. The Bertz CT molecular complexity index is 2080. The molecule has 1 saturated heterocycles. The molecule has 0 spiro atoms. The molecule has 12 heteroatoms. The first-order valence-electron chi connectivity index (χ1n) is 15.7. The molecule has 1 aliphatic rings. The normalized spacial score (nSPS) is 13.6. The van der Waals surface area contributed by atoms with Crippen molar-refractivity contribution < 1.29 is 26.8 Å². The molecule has 1 amide bonds. The number of alkyl halides is 1. The minimum absolute atomic E-state index is 0.143.